The molecule has 0 saturated heterocycles. The van der Waals surface area contributed by atoms with Gasteiger partial charge in [0.05, 0.1) is 0 Å². The molecule has 1 N–H and O–H groups in total. The zero-order valence-electron chi connectivity index (χ0n) is 11.6. The number of halogens is 1. The number of rotatable bonds is 5. The Morgan fingerprint density at radius 3 is 2.24 bits per heavy atom. The van der Waals surface area contributed by atoms with Crippen molar-refractivity contribution in [1.29, 1.82) is 0 Å². The maximum Gasteiger partial charge on any atom is 0.0303 e. The van der Waals surface area contributed by atoms with Gasteiger partial charge in [-0.15, -0.1) is 11.3 Å². The van der Waals surface area contributed by atoms with Crippen LogP contribution in [0.4, 0.5) is 0 Å². The van der Waals surface area contributed by atoms with Crippen molar-refractivity contribution < 1.29 is 0 Å². The number of benzene rings is 2. The van der Waals surface area contributed by atoms with Crippen molar-refractivity contribution in [3.63, 3.8) is 0 Å². The van der Waals surface area contributed by atoms with Gasteiger partial charge < -0.3 is 5.32 Å². The molecule has 106 valence electrons. The Morgan fingerprint density at radius 1 is 0.857 bits per heavy atom. The highest BCUT2D eigenvalue weighted by Crippen LogP contribution is 2.20. The van der Waals surface area contributed by atoms with E-state index in [1.54, 1.807) is 11.3 Å². The van der Waals surface area contributed by atoms with Gasteiger partial charge in [-0.3, -0.25) is 0 Å². The van der Waals surface area contributed by atoms with Crippen LogP contribution >= 0.6 is 27.3 Å². The molecule has 3 heteroatoms. The molecule has 0 radical (unpaired) electrons. The average molecular weight is 358 g/mol. The second kappa shape index (κ2) is 7.03. The van der Waals surface area contributed by atoms with Gasteiger partial charge in [-0.1, -0.05) is 54.6 Å². The van der Waals surface area contributed by atoms with Crippen LogP contribution in [0.2, 0.25) is 0 Å². The van der Waals surface area contributed by atoms with Crippen LogP contribution in [0.3, 0.4) is 0 Å². The standard InChI is InChI=1S/C18H16BrNS/c19-17-10-18(21-13-17)12-20-11-14-6-8-16(9-7-14)15-4-2-1-3-5-15/h1-10,13,20H,11-12H2. The highest BCUT2D eigenvalue weighted by Gasteiger charge is 1.99. The Labute approximate surface area is 137 Å². The summed E-state index contributed by atoms with van der Waals surface area (Å²) in [6.45, 7) is 1.81. The number of nitrogens with one attached hydrogen (secondary N) is 1. The minimum Gasteiger partial charge on any atom is -0.308 e. The summed E-state index contributed by atoms with van der Waals surface area (Å²) in [6.07, 6.45) is 0. The molecule has 3 aromatic rings. The van der Waals surface area contributed by atoms with Gasteiger partial charge in [-0.25, -0.2) is 0 Å². The van der Waals surface area contributed by atoms with E-state index in [-0.39, 0.29) is 0 Å². The Hall–Kier alpha value is -1.42. The molecule has 1 nitrogen and oxygen atoms in total. The zero-order chi connectivity index (χ0) is 14.5. The molecule has 0 fully saturated rings. The monoisotopic (exact) mass is 357 g/mol. The lowest BCUT2D eigenvalue weighted by Gasteiger charge is -2.06. The summed E-state index contributed by atoms with van der Waals surface area (Å²) in [4.78, 5) is 1.35. The smallest absolute Gasteiger partial charge is 0.0303 e. The molecule has 0 aliphatic rings. The third-order valence-corrected chi connectivity index (χ3v) is 5.01. The van der Waals surface area contributed by atoms with Gasteiger partial charge >= 0.3 is 0 Å². The topological polar surface area (TPSA) is 12.0 Å². The van der Waals surface area contributed by atoms with Gasteiger partial charge in [0, 0.05) is 27.8 Å². The first-order valence-electron chi connectivity index (χ1n) is 6.89. The van der Waals surface area contributed by atoms with Crippen LogP contribution in [-0.4, -0.2) is 0 Å². The normalized spacial score (nSPS) is 10.7. The average Bonchev–Trinajstić information content (AvgIpc) is 2.94. The second-order valence-electron chi connectivity index (χ2n) is 4.90. The molecule has 0 amide bonds. The predicted octanol–water partition coefficient (Wildman–Crippen LogP) is 5.47. The molecule has 0 bridgehead atoms. The van der Waals surface area contributed by atoms with E-state index in [0.717, 1.165) is 17.6 Å². The van der Waals surface area contributed by atoms with Crippen LogP contribution in [0.5, 0.6) is 0 Å². The highest BCUT2D eigenvalue weighted by atomic mass is 79.9. The predicted molar refractivity (Wildman–Crippen MR) is 94.4 cm³/mol. The van der Waals surface area contributed by atoms with Gasteiger partial charge in [0.25, 0.3) is 0 Å². The van der Waals surface area contributed by atoms with Crippen molar-refractivity contribution in [3.05, 3.63) is 81.0 Å². The van der Waals surface area contributed by atoms with Crippen molar-refractivity contribution >= 4 is 27.3 Å². The maximum atomic E-state index is 3.48. The van der Waals surface area contributed by atoms with Crippen molar-refractivity contribution in [1.82, 2.24) is 5.32 Å². The Balaban J connectivity index is 1.57. The third-order valence-electron chi connectivity index (χ3n) is 3.31. The fourth-order valence-corrected chi connectivity index (χ4v) is 3.64. The zero-order valence-corrected chi connectivity index (χ0v) is 14.0. The molecule has 2 aromatic carbocycles. The largest absolute Gasteiger partial charge is 0.308 e. The number of hydrogen-bond acceptors (Lipinski definition) is 2. The summed E-state index contributed by atoms with van der Waals surface area (Å²) in [5.74, 6) is 0. The van der Waals surface area contributed by atoms with E-state index in [2.05, 4.69) is 81.2 Å². The van der Waals surface area contributed by atoms with E-state index in [1.807, 2.05) is 6.07 Å². The lowest BCUT2D eigenvalue weighted by atomic mass is 10.0. The molecule has 0 aliphatic carbocycles. The lowest BCUT2D eigenvalue weighted by molar-refractivity contribution is 0.701. The second-order valence-corrected chi connectivity index (χ2v) is 6.81. The Bertz CT molecular complexity index is 689. The molecule has 0 unspecified atom stereocenters. The van der Waals surface area contributed by atoms with Crippen molar-refractivity contribution in [2.24, 2.45) is 0 Å². The quantitative estimate of drug-likeness (QED) is 0.638. The van der Waals surface area contributed by atoms with E-state index >= 15 is 0 Å². The van der Waals surface area contributed by atoms with Crippen molar-refractivity contribution in [2.75, 3.05) is 0 Å². The lowest BCUT2D eigenvalue weighted by Crippen LogP contribution is -2.11. The fourth-order valence-electron chi connectivity index (χ4n) is 2.22. The summed E-state index contributed by atoms with van der Waals surface area (Å²) in [5, 5.41) is 5.60. The van der Waals surface area contributed by atoms with E-state index in [4.69, 9.17) is 0 Å². The van der Waals surface area contributed by atoms with Crippen LogP contribution in [0.1, 0.15) is 10.4 Å². The molecule has 1 aromatic heterocycles. The van der Waals surface area contributed by atoms with Crippen molar-refractivity contribution in [3.8, 4) is 11.1 Å². The maximum absolute atomic E-state index is 3.48. The Kier molecular flexibility index (Phi) is 4.86. The SMILES string of the molecule is Brc1csc(CNCc2ccc(-c3ccccc3)cc2)c1. The van der Waals surface area contributed by atoms with Gasteiger partial charge in [-0.05, 0) is 38.7 Å². The molecule has 0 spiro atoms. The minimum atomic E-state index is 0.893. The number of thiophene rings is 1. The summed E-state index contributed by atoms with van der Waals surface area (Å²) in [7, 11) is 0. The first-order valence-corrected chi connectivity index (χ1v) is 8.56. The molecule has 1 heterocycles. The van der Waals surface area contributed by atoms with Gasteiger partial charge in [0.1, 0.15) is 0 Å². The number of hydrogen-bond donors (Lipinski definition) is 1. The van der Waals surface area contributed by atoms with E-state index in [1.165, 1.54) is 21.6 Å². The van der Waals surface area contributed by atoms with Crippen LogP contribution in [0, 0.1) is 0 Å². The molecular formula is C18H16BrNS. The van der Waals surface area contributed by atoms with E-state index < -0.39 is 0 Å². The van der Waals surface area contributed by atoms with Crippen LogP contribution in [-0.2, 0) is 13.1 Å². The minimum absolute atomic E-state index is 0.893. The van der Waals surface area contributed by atoms with Crippen LogP contribution < -0.4 is 5.32 Å². The van der Waals surface area contributed by atoms with E-state index in [0.29, 0.717) is 0 Å². The molecule has 0 aliphatic heterocycles. The van der Waals surface area contributed by atoms with Crippen LogP contribution in [0.15, 0.2) is 70.5 Å². The van der Waals surface area contributed by atoms with Crippen LogP contribution in [0.25, 0.3) is 11.1 Å². The summed E-state index contributed by atoms with van der Waals surface area (Å²) in [6, 6.07) is 21.4. The van der Waals surface area contributed by atoms with Gasteiger partial charge in [0.2, 0.25) is 0 Å². The first kappa shape index (κ1) is 14.5. The Morgan fingerprint density at radius 2 is 1.57 bits per heavy atom. The summed E-state index contributed by atoms with van der Waals surface area (Å²) in [5.41, 5.74) is 3.84. The molecule has 21 heavy (non-hydrogen) atoms. The first-order chi connectivity index (χ1) is 10.3. The van der Waals surface area contributed by atoms with Gasteiger partial charge in [0.15, 0.2) is 0 Å². The molecule has 0 saturated carbocycles. The third kappa shape index (κ3) is 4.03. The van der Waals surface area contributed by atoms with Crippen molar-refractivity contribution in [2.45, 2.75) is 13.1 Å². The molecule has 0 atom stereocenters. The summed E-state index contributed by atoms with van der Waals surface area (Å²) < 4.78 is 1.16. The fraction of sp³-hybridized carbons (Fsp3) is 0.111. The van der Waals surface area contributed by atoms with Gasteiger partial charge in [-0.2, -0.15) is 0 Å². The highest BCUT2D eigenvalue weighted by molar-refractivity contribution is 9.10. The summed E-state index contributed by atoms with van der Waals surface area (Å²) >= 11 is 5.26. The molecule has 3 rings (SSSR count). The van der Waals surface area contributed by atoms with E-state index in [9.17, 15) is 0 Å². The molecular weight excluding hydrogens is 342 g/mol.